The molecule has 0 spiro atoms. The van der Waals surface area contributed by atoms with Gasteiger partial charge in [0.1, 0.15) is 18.2 Å². The Morgan fingerprint density at radius 2 is 1.83 bits per heavy atom. The Morgan fingerprint density at radius 3 is 2.56 bits per heavy atom. The van der Waals surface area contributed by atoms with Crippen LogP contribution in [0.15, 0.2) is 36.4 Å². The maximum absolute atomic E-state index is 13.0. The Bertz CT molecular complexity index is 575. The molecule has 0 aliphatic heterocycles. The lowest BCUT2D eigenvalue weighted by molar-refractivity contribution is 0.306. The first-order valence-electron chi connectivity index (χ1n) is 5.28. The largest absolute Gasteiger partial charge is 0.489 e. The van der Waals surface area contributed by atoms with Gasteiger partial charge in [-0.15, -0.1) is 0 Å². The molecule has 0 heterocycles. The Morgan fingerprint density at radius 1 is 1.06 bits per heavy atom. The van der Waals surface area contributed by atoms with Crippen LogP contribution in [0.2, 0.25) is 5.02 Å². The molecule has 0 aliphatic carbocycles. The van der Waals surface area contributed by atoms with Gasteiger partial charge < -0.3 is 16.2 Å². The summed E-state index contributed by atoms with van der Waals surface area (Å²) in [4.78, 5) is 0. The van der Waals surface area contributed by atoms with Gasteiger partial charge in [-0.1, -0.05) is 11.6 Å². The van der Waals surface area contributed by atoms with Crippen LogP contribution in [0.3, 0.4) is 0 Å². The summed E-state index contributed by atoms with van der Waals surface area (Å²) >= 11 is 5.93. The molecule has 0 saturated carbocycles. The molecule has 0 unspecified atom stereocenters. The molecule has 18 heavy (non-hydrogen) atoms. The van der Waals surface area contributed by atoms with Gasteiger partial charge in [0.15, 0.2) is 0 Å². The molecule has 4 N–H and O–H groups in total. The van der Waals surface area contributed by atoms with Crippen LogP contribution in [0.4, 0.5) is 15.8 Å². The predicted molar refractivity (Wildman–Crippen MR) is 71.0 cm³/mol. The van der Waals surface area contributed by atoms with E-state index in [0.29, 0.717) is 27.7 Å². The maximum atomic E-state index is 13.0. The van der Waals surface area contributed by atoms with Crippen molar-refractivity contribution in [3.8, 4) is 5.75 Å². The zero-order valence-electron chi connectivity index (χ0n) is 9.49. The second-order valence-corrected chi connectivity index (χ2v) is 4.22. The summed E-state index contributed by atoms with van der Waals surface area (Å²) in [6.45, 7) is 0.167. The third-order valence-corrected chi connectivity index (χ3v) is 2.83. The highest BCUT2D eigenvalue weighted by Crippen LogP contribution is 2.24. The van der Waals surface area contributed by atoms with Crippen molar-refractivity contribution in [2.24, 2.45) is 0 Å². The second kappa shape index (κ2) is 5.14. The Balaban J connectivity index is 2.11. The summed E-state index contributed by atoms with van der Waals surface area (Å²) in [7, 11) is 0. The molecule has 5 heteroatoms. The van der Waals surface area contributed by atoms with Crippen LogP contribution >= 0.6 is 11.6 Å². The lowest BCUT2D eigenvalue weighted by atomic mass is 10.2. The number of hydrogen-bond donors (Lipinski definition) is 2. The van der Waals surface area contributed by atoms with Crippen molar-refractivity contribution >= 4 is 23.0 Å². The minimum atomic E-state index is -0.352. The van der Waals surface area contributed by atoms with Gasteiger partial charge in [-0.05, 0) is 30.3 Å². The van der Waals surface area contributed by atoms with Crippen LogP contribution in [0, 0.1) is 5.82 Å². The first kappa shape index (κ1) is 12.5. The number of hydrogen-bond acceptors (Lipinski definition) is 3. The van der Waals surface area contributed by atoms with Gasteiger partial charge >= 0.3 is 0 Å². The molecule has 2 aromatic rings. The maximum Gasteiger partial charge on any atom is 0.123 e. The molecule has 0 aromatic heterocycles. The average molecular weight is 267 g/mol. The monoisotopic (exact) mass is 266 g/mol. The number of halogens is 2. The fourth-order valence-electron chi connectivity index (χ4n) is 1.46. The number of ether oxygens (including phenoxy) is 1. The highest BCUT2D eigenvalue weighted by atomic mass is 35.5. The molecule has 2 rings (SSSR count). The van der Waals surface area contributed by atoms with Crippen molar-refractivity contribution in [3.63, 3.8) is 0 Å². The van der Waals surface area contributed by atoms with E-state index in [1.165, 1.54) is 18.2 Å². The van der Waals surface area contributed by atoms with Gasteiger partial charge in [-0.3, -0.25) is 0 Å². The third-order valence-electron chi connectivity index (χ3n) is 2.46. The Hall–Kier alpha value is -1.94. The van der Waals surface area contributed by atoms with Crippen LogP contribution in [0.1, 0.15) is 5.56 Å². The number of anilines is 2. The van der Waals surface area contributed by atoms with Crippen LogP contribution in [-0.2, 0) is 6.61 Å². The number of rotatable bonds is 3. The molecule has 0 radical (unpaired) electrons. The highest BCUT2D eigenvalue weighted by molar-refractivity contribution is 6.31. The van der Waals surface area contributed by atoms with E-state index in [1.54, 1.807) is 18.2 Å². The van der Waals surface area contributed by atoms with Crippen LogP contribution in [0.25, 0.3) is 0 Å². The van der Waals surface area contributed by atoms with E-state index in [1.807, 2.05) is 0 Å². The first-order chi connectivity index (χ1) is 8.56. The lowest BCUT2D eigenvalue weighted by Crippen LogP contribution is -1.99. The minimum Gasteiger partial charge on any atom is -0.489 e. The average Bonchev–Trinajstić information content (AvgIpc) is 2.34. The molecule has 2 aromatic carbocycles. The van der Waals surface area contributed by atoms with Crippen molar-refractivity contribution in [2.45, 2.75) is 6.61 Å². The van der Waals surface area contributed by atoms with Gasteiger partial charge in [0.05, 0.1) is 11.4 Å². The fourth-order valence-corrected chi connectivity index (χ4v) is 1.63. The smallest absolute Gasteiger partial charge is 0.123 e. The molecule has 0 bridgehead atoms. The zero-order chi connectivity index (χ0) is 13.1. The zero-order valence-corrected chi connectivity index (χ0v) is 10.2. The number of nitrogens with two attached hydrogens (primary N) is 2. The normalized spacial score (nSPS) is 10.3. The Kier molecular flexibility index (Phi) is 3.58. The van der Waals surface area contributed by atoms with Crippen LogP contribution < -0.4 is 16.2 Å². The number of nitrogen functional groups attached to an aromatic ring is 2. The van der Waals surface area contributed by atoms with E-state index in [9.17, 15) is 4.39 Å². The van der Waals surface area contributed by atoms with Crippen molar-refractivity contribution in [3.05, 3.63) is 52.8 Å². The predicted octanol–water partition coefficient (Wildman–Crippen LogP) is 3.22. The highest BCUT2D eigenvalue weighted by Gasteiger charge is 2.04. The second-order valence-electron chi connectivity index (χ2n) is 3.82. The van der Waals surface area contributed by atoms with E-state index in [2.05, 4.69) is 0 Å². The topological polar surface area (TPSA) is 61.3 Å². The number of benzene rings is 2. The molecular weight excluding hydrogens is 255 g/mol. The molecule has 0 saturated heterocycles. The summed E-state index contributed by atoms with van der Waals surface area (Å²) in [5, 5.41) is 0.458. The molecule has 94 valence electrons. The van der Waals surface area contributed by atoms with E-state index >= 15 is 0 Å². The van der Waals surface area contributed by atoms with E-state index in [0.717, 1.165) is 0 Å². The molecule has 3 nitrogen and oxygen atoms in total. The third kappa shape index (κ3) is 2.84. The fraction of sp³-hybridized carbons (Fsp3) is 0.0769. The van der Waals surface area contributed by atoms with Gasteiger partial charge in [0.2, 0.25) is 0 Å². The molecule has 0 fully saturated rings. The van der Waals surface area contributed by atoms with Crippen molar-refractivity contribution in [1.82, 2.24) is 0 Å². The van der Waals surface area contributed by atoms with E-state index in [-0.39, 0.29) is 12.4 Å². The minimum absolute atomic E-state index is 0.167. The van der Waals surface area contributed by atoms with Gasteiger partial charge in [-0.25, -0.2) is 4.39 Å². The summed E-state index contributed by atoms with van der Waals surface area (Å²) in [5.74, 6) is 0.205. The van der Waals surface area contributed by atoms with Crippen LogP contribution in [0.5, 0.6) is 5.75 Å². The van der Waals surface area contributed by atoms with Gasteiger partial charge in [-0.2, -0.15) is 0 Å². The standard InChI is InChI=1S/C13H12ClFN2O/c14-11-3-1-9(15)5-8(11)7-18-10-2-4-12(16)13(17)6-10/h1-6H,7,16-17H2. The summed E-state index contributed by atoms with van der Waals surface area (Å²) < 4.78 is 18.5. The molecule has 0 amide bonds. The van der Waals surface area contributed by atoms with Crippen LogP contribution in [-0.4, -0.2) is 0 Å². The molecule has 0 aliphatic rings. The quantitative estimate of drug-likeness (QED) is 0.839. The van der Waals surface area contributed by atoms with Crippen molar-refractivity contribution in [1.29, 1.82) is 0 Å². The summed E-state index contributed by atoms with van der Waals surface area (Å²) in [6.07, 6.45) is 0. The summed E-state index contributed by atoms with van der Waals surface area (Å²) in [6, 6.07) is 9.09. The SMILES string of the molecule is Nc1ccc(OCc2cc(F)ccc2Cl)cc1N. The molecule has 0 atom stereocenters. The lowest BCUT2D eigenvalue weighted by Gasteiger charge is -2.09. The van der Waals surface area contributed by atoms with Gasteiger partial charge in [0, 0.05) is 16.7 Å². The van der Waals surface area contributed by atoms with E-state index < -0.39 is 0 Å². The van der Waals surface area contributed by atoms with Crippen molar-refractivity contribution in [2.75, 3.05) is 11.5 Å². The van der Waals surface area contributed by atoms with E-state index in [4.69, 9.17) is 27.8 Å². The molecular formula is C13H12ClFN2O. The van der Waals surface area contributed by atoms with Gasteiger partial charge in [0.25, 0.3) is 0 Å². The first-order valence-corrected chi connectivity index (χ1v) is 5.66. The summed E-state index contributed by atoms with van der Waals surface area (Å²) in [5.41, 5.74) is 12.8. The van der Waals surface area contributed by atoms with Crippen molar-refractivity contribution < 1.29 is 9.13 Å². The Labute approximate surface area is 109 Å².